The van der Waals surface area contributed by atoms with E-state index in [0.717, 1.165) is 0 Å². The van der Waals surface area contributed by atoms with Crippen LogP contribution < -0.4 is 11.4 Å². The summed E-state index contributed by atoms with van der Waals surface area (Å²) < 4.78 is 24.2. The highest BCUT2D eigenvalue weighted by Gasteiger charge is 2.42. The van der Waals surface area contributed by atoms with E-state index in [0.29, 0.717) is 0 Å². The Morgan fingerprint density at radius 1 is 1.03 bits per heavy atom. The molecule has 0 amide bonds. The second-order valence-corrected chi connectivity index (χ2v) is 7.24. The maximum atomic E-state index is 11.5. The lowest BCUT2D eigenvalue weighted by molar-refractivity contribution is -0.0269. The van der Waals surface area contributed by atoms with E-state index in [1.54, 1.807) is 0 Å². The molecular formula is C11H25N3O13P2. The minimum absolute atomic E-state index is 0. The van der Waals surface area contributed by atoms with E-state index in [4.69, 9.17) is 54.1 Å². The number of nitrogens with two attached hydrogens (primary N) is 1. The fourth-order valence-corrected chi connectivity index (χ4v) is 1.90. The molecule has 16 nitrogen and oxygen atoms in total. The molecule has 1 fully saturated rings. The second-order valence-electron chi connectivity index (χ2n) is 5.19. The topological polar surface area (TPSA) is 286 Å². The Labute approximate surface area is 164 Å². The molecule has 0 aliphatic carbocycles. The zero-order valence-corrected chi connectivity index (χ0v) is 15.7. The molecule has 4 atom stereocenters. The standard InChI is InChI=1S/C10H15N3O5.CH4.2H3O4P/c11-7-1-2-13(10(17)12-7)3-5-8(15)9(16)6(4-14)18-5;;2*1-5(2,3)4/h1-2,5-6,8-9,14-16H,3-4H2,(H2,11,12,17);1H4;2*(H3,1,2,3,4)/t5-,6+,8-,9+;;;/m0.../s1. The molecule has 2 heterocycles. The van der Waals surface area contributed by atoms with Crippen molar-refractivity contribution in [3.05, 3.63) is 22.7 Å². The normalized spacial score (nSPS) is 23.8. The molecule has 1 saturated heterocycles. The van der Waals surface area contributed by atoms with Crippen molar-refractivity contribution in [1.82, 2.24) is 9.55 Å². The lowest BCUT2D eigenvalue weighted by Crippen LogP contribution is -2.37. The number of hydrogen-bond acceptors (Lipinski definition) is 9. The first kappa shape index (κ1) is 29.9. The van der Waals surface area contributed by atoms with E-state index in [2.05, 4.69) is 4.98 Å². The van der Waals surface area contributed by atoms with Gasteiger partial charge in [-0.2, -0.15) is 4.98 Å². The quantitative estimate of drug-likeness (QED) is 0.189. The van der Waals surface area contributed by atoms with Gasteiger partial charge in [0.05, 0.1) is 13.2 Å². The molecule has 18 heteroatoms. The summed E-state index contributed by atoms with van der Waals surface area (Å²) in [6, 6.07) is 1.45. The Hall–Kier alpha value is -1.26. The molecule has 0 unspecified atom stereocenters. The van der Waals surface area contributed by atoms with Crippen LogP contribution in [0.3, 0.4) is 0 Å². The van der Waals surface area contributed by atoms with Crippen molar-refractivity contribution in [2.24, 2.45) is 0 Å². The lowest BCUT2D eigenvalue weighted by Gasteiger charge is -2.15. The summed E-state index contributed by atoms with van der Waals surface area (Å²) in [4.78, 5) is 58.1. The van der Waals surface area contributed by atoms with Gasteiger partial charge in [-0.3, -0.25) is 4.57 Å². The molecule has 172 valence electrons. The highest BCUT2D eigenvalue weighted by Crippen LogP contribution is 2.26. The van der Waals surface area contributed by atoms with Gasteiger partial charge in [-0.25, -0.2) is 13.9 Å². The van der Waals surface area contributed by atoms with Gasteiger partial charge in [0.25, 0.3) is 0 Å². The molecular weight excluding hydrogens is 444 g/mol. The average molecular weight is 469 g/mol. The van der Waals surface area contributed by atoms with Crippen LogP contribution in [0.4, 0.5) is 5.82 Å². The molecule has 29 heavy (non-hydrogen) atoms. The molecule has 11 N–H and O–H groups in total. The van der Waals surface area contributed by atoms with E-state index in [1.165, 1.54) is 16.8 Å². The predicted octanol–water partition coefficient (Wildman–Crippen LogP) is -3.91. The lowest BCUT2D eigenvalue weighted by atomic mass is 10.1. The number of phosphoric acid groups is 2. The highest BCUT2D eigenvalue weighted by molar-refractivity contribution is 7.45. The van der Waals surface area contributed by atoms with Gasteiger partial charge in [0.2, 0.25) is 0 Å². The number of nitrogen functional groups attached to an aromatic ring is 1. The van der Waals surface area contributed by atoms with Gasteiger partial charge in [0.1, 0.15) is 30.2 Å². The van der Waals surface area contributed by atoms with E-state index < -0.39 is 52.4 Å². The zero-order chi connectivity index (χ0) is 22.3. The minimum Gasteiger partial charge on any atom is -0.394 e. The van der Waals surface area contributed by atoms with E-state index >= 15 is 0 Å². The van der Waals surface area contributed by atoms with Crippen LogP contribution >= 0.6 is 15.6 Å². The van der Waals surface area contributed by atoms with Crippen molar-refractivity contribution in [1.29, 1.82) is 0 Å². The number of nitrogens with zero attached hydrogens (tertiary/aromatic N) is 2. The van der Waals surface area contributed by atoms with Crippen LogP contribution in [-0.4, -0.2) is 85.3 Å². The van der Waals surface area contributed by atoms with Crippen LogP contribution in [0.15, 0.2) is 17.1 Å². The molecule has 0 aromatic carbocycles. The van der Waals surface area contributed by atoms with E-state index in [-0.39, 0.29) is 19.8 Å². The first-order chi connectivity index (χ1) is 12.5. The summed E-state index contributed by atoms with van der Waals surface area (Å²) in [5.41, 5.74) is 4.79. The van der Waals surface area contributed by atoms with Gasteiger partial charge >= 0.3 is 21.3 Å². The van der Waals surface area contributed by atoms with Crippen molar-refractivity contribution < 1.29 is 58.5 Å². The summed E-state index contributed by atoms with van der Waals surface area (Å²) in [6.45, 7) is -0.371. The fraction of sp³-hybridized carbons (Fsp3) is 0.636. The summed E-state index contributed by atoms with van der Waals surface area (Å²) in [5, 5.41) is 28.2. The summed E-state index contributed by atoms with van der Waals surface area (Å²) in [6.07, 6.45) is -2.52. The van der Waals surface area contributed by atoms with Crippen LogP contribution in [0.5, 0.6) is 0 Å². The number of anilines is 1. The van der Waals surface area contributed by atoms with E-state index in [9.17, 15) is 15.0 Å². The summed E-state index contributed by atoms with van der Waals surface area (Å²) >= 11 is 0. The monoisotopic (exact) mass is 469 g/mol. The first-order valence-corrected chi connectivity index (χ1v) is 10.2. The Morgan fingerprint density at radius 3 is 1.79 bits per heavy atom. The number of ether oxygens (including phenoxy) is 1. The zero-order valence-electron chi connectivity index (χ0n) is 13.9. The first-order valence-electron chi connectivity index (χ1n) is 7.05. The maximum absolute atomic E-state index is 11.5. The largest absolute Gasteiger partial charge is 0.466 e. The minimum atomic E-state index is -4.64. The number of hydrogen-bond donors (Lipinski definition) is 10. The van der Waals surface area contributed by atoms with Crippen molar-refractivity contribution in [3.8, 4) is 0 Å². The third-order valence-corrected chi connectivity index (χ3v) is 2.91. The molecule has 1 aromatic heterocycles. The average Bonchev–Trinajstić information content (AvgIpc) is 2.74. The van der Waals surface area contributed by atoms with Crippen LogP contribution in [0.25, 0.3) is 0 Å². The Morgan fingerprint density at radius 2 is 1.45 bits per heavy atom. The molecule has 0 saturated carbocycles. The molecule has 1 aliphatic rings. The molecule has 2 rings (SSSR count). The van der Waals surface area contributed by atoms with Crippen LogP contribution in [0.2, 0.25) is 0 Å². The second kappa shape index (κ2) is 12.4. The third-order valence-electron chi connectivity index (χ3n) is 2.91. The highest BCUT2D eigenvalue weighted by atomic mass is 31.2. The van der Waals surface area contributed by atoms with Crippen LogP contribution in [0, 0.1) is 0 Å². The van der Waals surface area contributed by atoms with Gasteiger partial charge in [0.15, 0.2) is 0 Å². The molecule has 1 aliphatic heterocycles. The van der Waals surface area contributed by atoms with Crippen LogP contribution in [0.1, 0.15) is 7.43 Å². The molecule has 0 bridgehead atoms. The smallest absolute Gasteiger partial charge is 0.394 e. The van der Waals surface area contributed by atoms with Crippen molar-refractivity contribution >= 4 is 21.5 Å². The number of aromatic nitrogens is 2. The SMILES string of the molecule is C.Nc1ccn(C[C@@H]2O[C@H](CO)[C@@H](O)[C@H]2O)c(=O)n1.O=P(O)(O)O.O=P(O)(O)O. The Balaban J connectivity index is 0. The van der Waals surface area contributed by atoms with Gasteiger partial charge in [-0.1, -0.05) is 7.43 Å². The predicted molar refractivity (Wildman–Crippen MR) is 95.9 cm³/mol. The summed E-state index contributed by atoms with van der Waals surface area (Å²) in [5.74, 6) is 0.109. The fourth-order valence-electron chi connectivity index (χ4n) is 1.90. The van der Waals surface area contributed by atoms with Crippen LogP contribution in [-0.2, 0) is 20.4 Å². The molecule has 0 spiro atoms. The van der Waals surface area contributed by atoms with Gasteiger partial charge < -0.3 is 55.2 Å². The number of aliphatic hydroxyl groups excluding tert-OH is 3. The number of aliphatic hydroxyl groups is 3. The van der Waals surface area contributed by atoms with Gasteiger partial charge in [0, 0.05) is 6.20 Å². The van der Waals surface area contributed by atoms with Crippen molar-refractivity contribution in [2.75, 3.05) is 12.3 Å². The van der Waals surface area contributed by atoms with Crippen molar-refractivity contribution in [3.63, 3.8) is 0 Å². The third kappa shape index (κ3) is 14.4. The molecule has 1 aromatic rings. The van der Waals surface area contributed by atoms with Gasteiger partial charge in [-0.15, -0.1) is 0 Å². The van der Waals surface area contributed by atoms with Crippen molar-refractivity contribution in [2.45, 2.75) is 38.4 Å². The maximum Gasteiger partial charge on any atom is 0.466 e. The van der Waals surface area contributed by atoms with E-state index in [1.807, 2.05) is 0 Å². The Bertz CT molecular complexity index is 726. The van der Waals surface area contributed by atoms with Gasteiger partial charge in [-0.05, 0) is 6.07 Å². The Kier molecular flexibility index (Phi) is 12.8. The molecule has 0 radical (unpaired) electrons. The number of rotatable bonds is 3. The summed E-state index contributed by atoms with van der Waals surface area (Å²) in [7, 11) is -9.28.